The van der Waals surface area contributed by atoms with Crippen molar-refractivity contribution in [3.8, 4) is 17.0 Å². The highest BCUT2D eigenvalue weighted by Gasteiger charge is 2.32. The van der Waals surface area contributed by atoms with Gasteiger partial charge in [-0.2, -0.15) is 5.10 Å². The molecular weight excluding hydrogens is 473 g/mol. The molecule has 2 heterocycles. The molecule has 0 spiro atoms. The van der Waals surface area contributed by atoms with Gasteiger partial charge in [-0.05, 0) is 24.3 Å². The number of nitrogens with one attached hydrogen (secondary N) is 1. The zero-order valence-corrected chi connectivity index (χ0v) is 18.8. The molecule has 34 heavy (non-hydrogen) atoms. The summed E-state index contributed by atoms with van der Waals surface area (Å²) in [5.41, 5.74) is 1.61. The second-order valence-corrected chi connectivity index (χ2v) is 8.08. The summed E-state index contributed by atoms with van der Waals surface area (Å²) < 4.78 is 47.8. The van der Waals surface area contributed by atoms with Crippen molar-refractivity contribution in [3.05, 3.63) is 69.9 Å². The number of halogens is 4. The first kappa shape index (κ1) is 23.6. The fourth-order valence-electron chi connectivity index (χ4n) is 3.82. The number of nitrogens with zero attached hydrogens (tertiary/aromatic N) is 3. The van der Waals surface area contributed by atoms with Gasteiger partial charge < -0.3 is 15.0 Å². The van der Waals surface area contributed by atoms with E-state index in [1.807, 2.05) is 0 Å². The number of aromatic nitrogens is 2. The highest BCUT2D eigenvalue weighted by Crippen LogP contribution is 2.40. The van der Waals surface area contributed by atoms with E-state index in [9.17, 15) is 22.8 Å². The topological polar surface area (TPSA) is 76.5 Å². The number of hydrogen-bond acceptors (Lipinski definition) is 4. The molecule has 1 N–H and O–H groups in total. The van der Waals surface area contributed by atoms with Crippen molar-refractivity contribution in [2.24, 2.45) is 7.05 Å². The first-order valence-electron chi connectivity index (χ1n) is 10.3. The van der Waals surface area contributed by atoms with Crippen LogP contribution in [0.2, 0.25) is 5.02 Å². The fourth-order valence-corrected chi connectivity index (χ4v) is 3.99. The Labute approximate surface area is 198 Å². The first-order chi connectivity index (χ1) is 16.3. The number of benzene rings is 2. The molecule has 1 aliphatic heterocycles. The van der Waals surface area contributed by atoms with Crippen LogP contribution in [0.15, 0.2) is 36.4 Å². The standard InChI is InChI=1S/C23H20ClF3N4O3/c1-30-22-15-9-14(24)5-6-18(15)34-12-16(22)21(29-30)23(33)31(11-19(32)28-8-7-25)10-13-3-2-4-17(26)20(13)27/h2-6,9H,7-8,10-12H2,1H3,(H,28,32). The Morgan fingerprint density at radius 2 is 2.06 bits per heavy atom. The molecule has 178 valence electrons. The third-order valence-corrected chi connectivity index (χ3v) is 5.58. The Bertz CT molecular complexity index is 1260. The summed E-state index contributed by atoms with van der Waals surface area (Å²) in [6, 6.07) is 8.65. The molecule has 1 aliphatic rings. The van der Waals surface area contributed by atoms with Crippen LogP contribution in [0, 0.1) is 11.6 Å². The minimum atomic E-state index is -1.13. The zero-order valence-electron chi connectivity index (χ0n) is 18.1. The van der Waals surface area contributed by atoms with Gasteiger partial charge in [-0.25, -0.2) is 13.2 Å². The quantitative estimate of drug-likeness (QED) is 0.546. The lowest BCUT2D eigenvalue weighted by atomic mass is 10.0. The van der Waals surface area contributed by atoms with Crippen LogP contribution in [0.4, 0.5) is 13.2 Å². The predicted octanol–water partition coefficient (Wildman–Crippen LogP) is 3.64. The smallest absolute Gasteiger partial charge is 0.275 e. The van der Waals surface area contributed by atoms with Crippen LogP contribution in [0.5, 0.6) is 5.75 Å². The van der Waals surface area contributed by atoms with Gasteiger partial charge in [0.25, 0.3) is 5.91 Å². The minimum absolute atomic E-state index is 0.00164. The molecule has 0 unspecified atom stereocenters. The lowest BCUT2D eigenvalue weighted by Gasteiger charge is -2.23. The van der Waals surface area contributed by atoms with Crippen molar-refractivity contribution in [1.82, 2.24) is 20.0 Å². The number of hydrogen-bond donors (Lipinski definition) is 1. The van der Waals surface area contributed by atoms with Gasteiger partial charge in [0.15, 0.2) is 17.3 Å². The number of alkyl halides is 1. The van der Waals surface area contributed by atoms with E-state index in [2.05, 4.69) is 10.4 Å². The Morgan fingerprint density at radius 1 is 1.26 bits per heavy atom. The Hall–Kier alpha value is -3.53. The van der Waals surface area contributed by atoms with Gasteiger partial charge in [-0.3, -0.25) is 14.3 Å². The van der Waals surface area contributed by atoms with E-state index in [0.29, 0.717) is 27.6 Å². The van der Waals surface area contributed by atoms with Gasteiger partial charge in [-0.1, -0.05) is 23.7 Å². The van der Waals surface area contributed by atoms with Gasteiger partial charge in [0.1, 0.15) is 25.6 Å². The molecule has 1 aromatic heterocycles. The minimum Gasteiger partial charge on any atom is -0.488 e. The molecule has 0 radical (unpaired) electrons. The molecule has 2 amide bonds. The van der Waals surface area contributed by atoms with Gasteiger partial charge in [0, 0.05) is 41.9 Å². The summed E-state index contributed by atoms with van der Waals surface area (Å²) in [6.45, 7) is -1.90. The highest BCUT2D eigenvalue weighted by atomic mass is 35.5. The molecule has 2 aromatic carbocycles. The van der Waals surface area contributed by atoms with E-state index in [1.165, 1.54) is 16.8 Å². The number of amides is 2. The van der Waals surface area contributed by atoms with E-state index in [-0.39, 0.29) is 24.4 Å². The SMILES string of the molecule is Cn1nc(C(=O)N(CC(=O)NCCF)Cc2cccc(F)c2F)c2c1-c1cc(Cl)ccc1OC2. The molecule has 3 aromatic rings. The van der Waals surface area contributed by atoms with Gasteiger partial charge in [-0.15, -0.1) is 0 Å². The average molecular weight is 493 g/mol. The van der Waals surface area contributed by atoms with Crippen LogP contribution >= 0.6 is 11.6 Å². The molecule has 0 bridgehead atoms. The molecule has 7 nitrogen and oxygen atoms in total. The maximum Gasteiger partial charge on any atom is 0.275 e. The van der Waals surface area contributed by atoms with Crippen molar-refractivity contribution < 1.29 is 27.5 Å². The molecule has 0 atom stereocenters. The summed E-state index contributed by atoms with van der Waals surface area (Å²) in [5.74, 6) is -2.97. The maximum atomic E-state index is 14.3. The van der Waals surface area contributed by atoms with Crippen LogP contribution in [-0.4, -0.2) is 46.3 Å². The second kappa shape index (κ2) is 9.76. The predicted molar refractivity (Wildman–Crippen MR) is 118 cm³/mol. The zero-order chi connectivity index (χ0) is 24.4. The number of ether oxygens (including phenoxy) is 1. The lowest BCUT2D eigenvalue weighted by molar-refractivity contribution is -0.121. The summed E-state index contributed by atoms with van der Waals surface area (Å²) in [5, 5.41) is 7.13. The normalized spacial score (nSPS) is 11.9. The number of rotatable bonds is 7. The maximum absolute atomic E-state index is 14.3. The fraction of sp³-hybridized carbons (Fsp3) is 0.261. The molecule has 0 fully saturated rings. The summed E-state index contributed by atoms with van der Waals surface area (Å²) in [6.07, 6.45) is 0. The van der Waals surface area contributed by atoms with Crippen LogP contribution in [0.3, 0.4) is 0 Å². The van der Waals surface area contributed by atoms with Gasteiger partial charge in [0.05, 0.1) is 5.69 Å². The highest BCUT2D eigenvalue weighted by molar-refractivity contribution is 6.31. The van der Waals surface area contributed by atoms with Crippen molar-refractivity contribution in [2.75, 3.05) is 19.8 Å². The number of carbonyl (C=O) groups is 2. The van der Waals surface area contributed by atoms with Crippen molar-refractivity contribution >= 4 is 23.4 Å². The number of carbonyl (C=O) groups excluding carboxylic acids is 2. The van der Waals surface area contributed by atoms with E-state index < -0.39 is 43.2 Å². The average Bonchev–Trinajstić information content (AvgIpc) is 3.16. The third-order valence-electron chi connectivity index (χ3n) is 5.35. The lowest BCUT2D eigenvalue weighted by Crippen LogP contribution is -2.41. The van der Waals surface area contributed by atoms with Crippen molar-refractivity contribution in [1.29, 1.82) is 0 Å². The molecular formula is C23H20ClF3N4O3. The molecule has 0 saturated heterocycles. The number of aryl methyl sites for hydroxylation is 1. The summed E-state index contributed by atoms with van der Waals surface area (Å²) >= 11 is 6.13. The summed E-state index contributed by atoms with van der Waals surface area (Å²) in [7, 11) is 1.65. The molecule has 0 aliphatic carbocycles. The Kier molecular flexibility index (Phi) is 6.78. The monoisotopic (exact) mass is 492 g/mol. The molecule has 11 heteroatoms. The van der Waals surface area contributed by atoms with Crippen molar-refractivity contribution in [2.45, 2.75) is 13.2 Å². The van der Waals surface area contributed by atoms with Crippen LogP contribution in [0.1, 0.15) is 21.6 Å². The van der Waals surface area contributed by atoms with E-state index >= 15 is 0 Å². The van der Waals surface area contributed by atoms with E-state index in [4.69, 9.17) is 16.3 Å². The Morgan fingerprint density at radius 3 is 2.82 bits per heavy atom. The summed E-state index contributed by atoms with van der Waals surface area (Å²) in [4.78, 5) is 26.8. The van der Waals surface area contributed by atoms with Gasteiger partial charge >= 0.3 is 0 Å². The van der Waals surface area contributed by atoms with Gasteiger partial charge in [0.2, 0.25) is 5.91 Å². The molecule has 4 rings (SSSR count). The van der Waals surface area contributed by atoms with Crippen molar-refractivity contribution in [3.63, 3.8) is 0 Å². The second-order valence-electron chi connectivity index (χ2n) is 7.64. The first-order valence-corrected chi connectivity index (χ1v) is 10.7. The third kappa shape index (κ3) is 4.58. The Balaban J connectivity index is 1.71. The van der Waals surface area contributed by atoms with Crippen LogP contribution < -0.4 is 10.1 Å². The molecule has 0 saturated carbocycles. The van der Waals surface area contributed by atoms with Crippen LogP contribution in [0.25, 0.3) is 11.3 Å². The largest absolute Gasteiger partial charge is 0.488 e. The van der Waals surface area contributed by atoms with Crippen LogP contribution in [-0.2, 0) is 25.0 Å². The van der Waals surface area contributed by atoms with E-state index in [0.717, 1.165) is 11.0 Å². The van der Waals surface area contributed by atoms with E-state index in [1.54, 1.807) is 25.2 Å². The number of fused-ring (bicyclic) bond motifs is 3.